The lowest BCUT2D eigenvalue weighted by Crippen LogP contribution is -1.96. The van der Waals surface area contributed by atoms with Gasteiger partial charge in [-0.3, -0.25) is 0 Å². The van der Waals surface area contributed by atoms with Crippen LogP contribution in [-0.2, 0) is 13.2 Å². The van der Waals surface area contributed by atoms with Crippen LogP contribution in [0.3, 0.4) is 0 Å². The van der Waals surface area contributed by atoms with E-state index in [4.69, 9.17) is 26.6 Å². The molecule has 1 aromatic carbocycles. The molecule has 0 atom stereocenters. The quantitative estimate of drug-likeness (QED) is 0.941. The second-order valence-electron chi connectivity index (χ2n) is 3.35. The van der Waals surface area contributed by atoms with Gasteiger partial charge in [-0.05, 0) is 18.2 Å². The molecule has 1 heterocycles. The smallest absolute Gasteiger partial charge is 0.174 e. The Balaban J connectivity index is 2.02. The number of hydrogen-bond donors (Lipinski definition) is 1. The second-order valence-corrected chi connectivity index (χ2v) is 4.67. The first kappa shape index (κ1) is 12.4. The molecule has 0 unspecified atom stereocenters. The maximum absolute atomic E-state index is 6.01. The number of nitrogens with zero attached hydrogens (tertiary/aromatic N) is 1. The van der Waals surface area contributed by atoms with Crippen molar-refractivity contribution in [1.82, 2.24) is 5.16 Å². The number of hydrogen-bond acceptors (Lipinski definition) is 4. The Morgan fingerprint density at radius 3 is 2.88 bits per heavy atom. The molecule has 2 N–H and O–H groups in total. The lowest BCUT2D eigenvalue weighted by Gasteiger charge is -2.05. The fourth-order valence-corrected chi connectivity index (χ4v) is 1.99. The van der Waals surface area contributed by atoms with Crippen LogP contribution in [0.4, 0.5) is 0 Å². The average molecular weight is 318 g/mol. The summed E-state index contributed by atoms with van der Waals surface area (Å²) in [5.41, 5.74) is 6.12. The zero-order valence-corrected chi connectivity index (χ0v) is 11.2. The molecule has 1 aromatic heterocycles. The second kappa shape index (κ2) is 5.53. The number of nitrogens with two attached hydrogens (primary N) is 1. The first-order valence-corrected chi connectivity index (χ1v) is 6.08. The predicted molar refractivity (Wildman–Crippen MR) is 67.9 cm³/mol. The summed E-state index contributed by atoms with van der Waals surface area (Å²) in [6, 6.07) is 7.16. The van der Waals surface area contributed by atoms with E-state index < -0.39 is 0 Å². The van der Waals surface area contributed by atoms with Gasteiger partial charge in [-0.1, -0.05) is 32.7 Å². The molecule has 2 rings (SSSR count). The minimum atomic E-state index is 0.272. The molecule has 0 bridgehead atoms. The third-order valence-electron chi connectivity index (χ3n) is 2.08. The van der Waals surface area contributed by atoms with E-state index in [1.807, 2.05) is 6.07 Å². The zero-order valence-electron chi connectivity index (χ0n) is 8.82. The van der Waals surface area contributed by atoms with Gasteiger partial charge in [-0.25, -0.2) is 0 Å². The van der Waals surface area contributed by atoms with Gasteiger partial charge in [0, 0.05) is 17.1 Å². The number of rotatable bonds is 4. The Kier molecular flexibility index (Phi) is 4.04. The molecule has 0 saturated heterocycles. The SMILES string of the molecule is NCc1cc(COc2ccc(Br)cc2Cl)on1. The highest BCUT2D eigenvalue weighted by Crippen LogP contribution is 2.28. The number of ether oxygens (including phenoxy) is 1. The monoisotopic (exact) mass is 316 g/mol. The minimum absolute atomic E-state index is 0.272. The average Bonchev–Trinajstić information content (AvgIpc) is 2.76. The number of aromatic nitrogens is 1. The van der Waals surface area contributed by atoms with E-state index in [2.05, 4.69) is 21.1 Å². The highest BCUT2D eigenvalue weighted by Gasteiger charge is 2.06. The molecule has 0 saturated carbocycles. The van der Waals surface area contributed by atoms with Crippen LogP contribution in [-0.4, -0.2) is 5.16 Å². The van der Waals surface area contributed by atoms with Crippen molar-refractivity contribution < 1.29 is 9.26 Å². The van der Waals surface area contributed by atoms with E-state index in [0.29, 0.717) is 28.8 Å². The molecule has 0 aliphatic heterocycles. The summed E-state index contributed by atoms with van der Waals surface area (Å²) in [6.07, 6.45) is 0. The van der Waals surface area contributed by atoms with E-state index in [-0.39, 0.29) is 6.61 Å². The third-order valence-corrected chi connectivity index (χ3v) is 2.87. The van der Waals surface area contributed by atoms with E-state index in [9.17, 15) is 0 Å². The van der Waals surface area contributed by atoms with Crippen LogP contribution in [0.2, 0.25) is 5.02 Å². The largest absolute Gasteiger partial charge is 0.484 e. The fourth-order valence-electron chi connectivity index (χ4n) is 1.26. The molecule has 0 aliphatic carbocycles. The van der Waals surface area contributed by atoms with E-state index in [0.717, 1.165) is 4.47 Å². The van der Waals surface area contributed by atoms with Gasteiger partial charge in [0.25, 0.3) is 0 Å². The van der Waals surface area contributed by atoms with Crippen molar-refractivity contribution in [2.75, 3.05) is 0 Å². The molecular formula is C11H10BrClN2O2. The van der Waals surface area contributed by atoms with Crippen molar-refractivity contribution >= 4 is 27.5 Å². The molecule has 6 heteroatoms. The summed E-state index contributed by atoms with van der Waals surface area (Å²) in [5.74, 6) is 1.21. The van der Waals surface area contributed by atoms with Gasteiger partial charge in [0.15, 0.2) is 5.76 Å². The molecule has 0 radical (unpaired) electrons. The molecule has 0 spiro atoms. The summed E-state index contributed by atoms with van der Waals surface area (Å²) in [7, 11) is 0. The van der Waals surface area contributed by atoms with Crippen LogP contribution in [0.25, 0.3) is 0 Å². The maximum Gasteiger partial charge on any atom is 0.174 e. The molecule has 4 nitrogen and oxygen atoms in total. The third kappa shape index (κ3) is 3.21. The summed E-state index contributed by atoms with van der Waals surface area (Å²) in [5, 5.41) is 4.30. The van der Waals surface area contributed by atoms with Crippen molar-refractivity contribution in [2.24, 2.45) is 5.73 Å². The van der Waals surface area contributed by atoms with Crippen molar-refractivity contribution in [1.29, 1.82) is 0 Å². The van der Waals surface area contributed by atoms with Crippen LogP contribution >= 0.6 is 27.5 Å². The summed E-state index contributed by atoms with van der Waals surface area (Å²) < 4.78 is 11.4. The Morgan fingerprint density at radius 2 is 2.24 bits per heavy atom. The van der Waals surface area contributed by atoms with Crippen LogP contribution in [0.1, 0.15) is 11.5 Å². The van der Waals surface area contributed by atoms with Crippen molar-refractivity contribution in [3.05, 3.63) is 45.2 Å². The molecule has 0 fully saturated rings. The highest BCUT2D eigenvalue weighted by atomic mass is 79.9. The van der Waals surface area contributed by atoms with Gasteiger partial charge in [-0.2, -0.15) is 0 Å². The summed E-state index contributed by atoms with van der Waals surface area (Å²) >= 11 is 9.33. The normalized spacial score (nSPS) is 10.5. The summed E-state index contributed by atoms with van der Waals surface area (Å²) in [4.78, 5) is 0. The van der Waals surface area contributed by atoms with Gasteiger partial charge in [0.1, 0.15) is 12.4 Å². The Hall–Kier alpha value is -1.04. The van der Waals surface area contributed by atoms with Gasteiger partial charge in [-0.15, -0.1) is 0 Å². The van der Waals surface area contributed by atoms with E-state index >= 15 is 0 Å². The van der Waals surface area contributed by atoms with Crippen LogP contribution in [0.15, 0.2) is 33.3 Å². The Bertz CT molecular complexity index is 516. The molecular weight excluding hydrogens is 307 g/mol. The molecule has 0 amide bonds. The number of halogens is 2. The standard InChI is InChI=1S/C11H10BrClN2O2/c12-7-1-2-11(10(13)3-7)16-6-9-4-8(5-14)15-17-9/h1-4H,5-6,14H2. The maximum atomic E-state index is 6.01. The van der Waals surface area contributed by atoms with Crippen molar-refractivity contribution in [3.63, 3.8) is 0 Å². The minimum Gasteiger partial charge on any atom is -0.484 e. The molecule has 90 valence electrons. The molecule has 0 aliphatic rings. The highest BCUT2D eigenvalue weighted by molar-refractivity contribution is 9.10. The molecule has 2 aromatic rings. The van der Waals surface area contributed by atoms with Crippen LogP contribution in [0.5, 0.6) is 5.75 Å². The lowest BCUT2D eigenvalue weighted by atomic mass is 10.3. The van der Waals surface area contributed by atoms with Crippen molar-refractivity contribution in [2.45, 2.75) is 13.2 Å². The Morgan fingerprint density at radius 1 is 1.41 bits per heavy atom. The molecule has 17 heavy (non-hydrogen) atoms. The topological polar surface area (TPSA) is 61.3 Å². The first-order valence-electron chi connectivity index (χ1n) is 4.91. The first-order chi connectivity index (χ1) is 8.19. The van der Waals surface area contributed by atoms with Gasteiger partial charge < -0.3 is 15.0 Å². The van der Waals surface area contributed by atoms with Crippen LogP contribution in [0, 0.1) is 0 Å². The van der Waals surface area contributed by atoms with Gasteiger partial charge in [0.2, 0.25) is 0 Å². The van der Waals surface area contributed by atoms with E-state index in [1.165, 1.54) is 0 Å². The Labute approximate surface area is 112 Å². The summed E-state index contributed by atoms with van der Waals surface area (Å²) in [6.45, 7) is 0.622. The lowest BCUT2D eigenvalue weighted by molar-refractivity contribution is 0.248. The zero-order chi connectivity index (χ0) is 12.3. The number of benzene rings is 1. The van der Waals surface area contributed by atoms with Crippen LogP contribution < -0.4 is 10.5 Å². The van der Waals surface area contributed by atoms with Gasteiger partial charge >= 0.3 is 0 Å². The van der Waals surface area contributed by atoms with Crippen molar-refractivity contribution in [3.8, 4) is 5.75 Å². The van der Waals surface area contributed by atoms with E-state index in [1.54, 1.807) is 18.2 Å². The fraction of sp³-hybridized carbons (Fsp3) is 0.182. The predicted octanol–water partition coefficient (Wildman–Crippen LogP) is 3.13. The van der Waals surface area contributed by atoms with Gasteiger partial charge in [0.05, 0.1) is 10.7 Å².